The van der Waals surface area contributed by atoms with Crippen LogP contribution in [-0.4, -0.2) is 37.0 Å². The van der Waals surface area contributed by atoms with Gasteiger partial charge in [0, 0.05) is 23.9 Å². The van der Waals surface area contributed by atoms with Gasteiger partial charge in [0.1, 0.15) is 11.1 Å². The van der Waals surface area contributed by atoms with Gasteiger partial charge in [0.2, 0.25) is 5.91 Å². The molecule has 2 aromatic rings. The number of thioether (sulfide) groups is 1. The number of hydrogen-bond donors (Lipinski definition) is 0. The van der Waals surface area contributed by atoms with Gasteiger partial charge in [-0.1, -0.05) is 55.9 Å². The number of carbonyl (C=O) groups is 1. The Kier molecular flexibility index (Phi) is 8.67. The number of amides is 1. The first-order valence-electron chi connectivity index (χ1n) is 9.65. The molecular weight excluding hydrogens is 392 g/mol. The van der Waals surface area contributed by atoms with Gasteiger partial charge < -0.3 is 9.64 Å². The van der Waals surface area contributed by atoms with E-state index in [1.807, 2.05) is 41.3 Å². The van der Waals surface area contributed by atoms with E-state index in [2.05, 4.69) is 30.9 Å². The standard InChI is InChI=1S/C22H28N2O2S.ClH/c1-4-23(5-2)15-10-16-26-20-13-8-6-11-18(20)22-24(17(3)25)19-12-7-9-14-21(19)27-22;/h6-9,11-14,22H,4-5,10,15-16H2,1-3H3;1H. The molecule has 3 rings (SSSR count). The zero-order valence-corrected chi connectivity index (χ0v) is 18.4. The molecule has 6 heteroatoms. The maximum absolute atomic E-state index is 12.4. The Hall–Kier alpha value is -1.69. The quantitative estimate of drug-likeness (QED) is 0.537. The van der Waals surface area contributed by atoms with Crippen LogP contribution in [0.4, 0.5) is 5.69 Å². The van der Waals surface area contributed by atoms with Crippen molar-refractivity contribution in [2.24, 2.45) is 0 Å². The van der Waals surface area contributed by atoms with E-state index in [-0.39, 0.29) is 23.7 Å². The lowest BCUT2D eigenvalue weighted by Crippen LogP contribution is -2.28. The molecule has 0 saturated heterocycles. The van der Waals surface area contributed by atoms with Crippen molar-refractivity contribution in [2.45, 2.75) is 37.5 Å². The van der Waals surface area contributed by atoms with E-state index in [9.17, 15) is 4.79 Å². The summed E-state index contributed by atoms with van der Waals surface area (Å²) in [6.45, 7) is 9.85. The van der Waals surface area contributed by atoms with Gasteiger partial charge in [-0.05, 0) is 37.7 Å². The van der Waals surface area contributed by atoms with Crippen LogP contribution in [0.2, 0.25) is 0 Å². The summed E-state index contributed by atoms with van der Waals surface area (Å²) in [4.78, 5) is 17.8. The number of nitrogens with zero attached hydrogens (tertiary/aromatic N) is 2. The van der Waals surface area contributed by atoms with Crippen molar-refractivity contribution in [3.05, 3.63) is 54.1 Å². The molecule has 0 saturated carbocycles. The number of rotatable bonds is 8. The fraction of sp³-hybridized carbons (Fsp3) is 0.409. The molecule has 0 N–H and O–H groups in total. The van der Waals surface area contributed by atoms with Crippen LogP contribution in [0.5, 0.6) is 5.75 Å². The summed E-state index contributed by atoms with van der Waals surface area (Å²) >= 11 is 1.71. The lowest BCUT2D eigenvalue weighted by atomic mass is 10.1. The maximum atomic E-state index is 12.4. The Balaban J connectivity index is 0.00000280. The Labute approximate surface area is 178 Å². The lowest BCUT2D eigenvalue weighted by molar-refractivity contribution is -0.116. The average Bonchev–Trinajstić information content (AvgIpc) is 3.08. The molecule has 0 fully saturated rings. The number of hydrogen-bond acceptors (Lipinski definition) is 4. The third-order valence-corrected chi connectivity index (χ3v) is 6.18. The minimum atomic E-state index is -0.0844. The van der Waals surface area contributed by atoms with Crippen molar-refractivity contribution in [1.82, 2.24) is 4.90 Å². The van der Waals surface area contributed by atoms with E-state index in [4.69, 9.17) is 4.74 Å². The van der Waals surface area contributed by atoms with Crippen molar-refractivity contribution < 1.29 is 9.53 Å². The van der Waals surface area contributed by atoms with Crippen LogP contribution >= 0.6 is 24.2 Å². The Bertz CT molecular complexity index is 783. The smallest absolute Gasteiger partial charge is 0.225 e. The van der Waals surface area contributed by atoms with Gasteiger partial charge in [-0.2, -0.15) is 0 Å². The Morgan fingerprint density at radius 1 is 1.11 bits per heavy atom. The third kappa shape index (κ3) is 5.02. The van der Waals surface area contributed by atoms with E-state index in [1.165, 1.54) is 0 Å². The van der Waals surface area contributed by atoms with Gasteiger partial charge in [0.25, 0.3) is 0 Å². The second kappa shape index (κ2) is 10.7. The molecule has 1 amide bonds. The summed E-state index contributed by atoms with van der Waals surface area (Å²) < 4.78 is 6.14. The fourth-order valence-electron chi connectivity index (χ4n) is 3.42. The van der Waals surface area contributed by atoms with Crippen LogP contribution < -0.4 is 9.64 Å². The van der Waals surface area contributed by atoms with E-state index in [0.29, 0.717) is 6.61 Å². The zero-order valence-electron chi connectivity index (χ0n) is 16.8. The number of anilines is 1. The Morgan fingerprint density at radius 2 is 1.79 bits per heavy atom. The normalized spacial score (nSPS) is 15.3. The SMILES string of the molecule is CCN(CC)CCCOc1ccccc1C1Sc2ccccc2N1C(C)=O.Cl. The molecule has 152 valence electrons. The monoisotopic (exact) mass is 420 g/mol. The summed E-state index contributed by atoms with van der Waals surface area (Å²) in [5.74, 6) is 0.919. The fourth-order valence-corrected chi connectivity index (χ4v) is 4.79. The number of benzene rings is 2. The largest absolute Gasteiger partial charge is 0.493 e. The van der Waals surface area contributed by atoms with Crippen LogP contribution in [0, 0.1) is 0 Å². The highest BCUT2D eigenvalue weighted by molar-refractivity contribution is 8.00. The van der Waals surface area contributed by atoms with Crippen molar-refractivity contribution in [2.75, 3.05) is 31.1 Å². The molecule has 1 aliphatic rings. The van der Waals surface area contributed by atoms with E-state index in [0.717, 1.165) is 48.0 Å². The zero-order chi connectivity index (χ0) is 19.2. The molecule has 0 spiro atoms. The van der Waals surface area contributed by atoms with Gasteiger partial charge in [-0.25, -0.2) is 0 Å². The van der Waals surface area contributed by atoms with Crippen LogP contribution in [0.15, 0.2) is 53.4 Å². The molecule has 4 nitrogen and oxygen atoms in total. The molecule has 0 aromatic heterocycles. The minimum absolute atomic E-state index is 0. The summed E-state index contributed by atoms with van der Waals surface area (Å²) in [6.07, 6.45) is 0.991. The number of halogens is 1. The highest BCUT2D eigenvalue weighted by Crippen LogP contribution is 2.52. The van der Waals surface area contributed by atoms with Gasteiger partial charge in [-0.3, -0.25) is 9.69 Å². The van der Waals surface area contributed by atoms with Gasteiger partial charge >= 0.3 is 0 Å². The van der Waals surface area contributed by atoms with Crippen molar-refractivity contribution in [1.29, 1.82) is 0 Å². The second-order valence-electron chi connectivity index (χ2n) is 6.59. The summed E-state index contributed by atoms with van der Waals surface area (Å²) in [5, 5.41) is -0.0844. The highest BCUT2D eigenvalue weighted by atomic mass is 35.5. The molecule has 2 aromatic carbocycles. The van der Waals surface area contributed by atoms with E-state index < -0.39 is 0 Å². The molecule has 1 heterocycles. The molecule has 0 bridgehead atoms. The van der Waals surface area contributed by atoms with Gasteiger partial charge in [0.05, 0.1) is 12.3 Å². The van der Waals surface area contributed by atoms with Crippen LogP contribution in [0.25, 0.3) is 0 Å². The average molecular weight is 421 g/mol. The summed E-state index contributed by atoms with van der Waals surface area (Å²) in [7, 11) is 0. The van der Waals surface area contributed by atoms with Crippen LogP contribution in [-0.2, 0) is 4.79 Å². The molecule has 1 aliphatic heterocycles. The molecule has 28 heavy (non-hydrogen) atoms. The second-order valence-corrected chi connectivity index (χ2v) is 7.72. The van der Waals surface area contributed by atoms with Crippen LogP contribution in [0.1, 0.15) is 38.1 Å². The highest BCUT2D eigenvalue weighted by Gasteiger charge is 2.35. The molecule has 1 atom stereocenters. The number of para-hydroxylation sites is 2. The predicted molar refractivity (Wildman–Crippen MR) is 120 cm³/mol. The van der Waals surface area contributed by atoms with Gasteiger partial charge in [-0.15, -0.1) is 12.4 Å². The topological polar surface area (TPSA) is 32.8 Å². The first kappa shape index (κ1) is 22.6. The van der Waals surface area contributed by atoms with E-state index in [1.54, 1.807) is 18.7 Å². The minimum Gasteiger partial charge on any atom is -0.493 e. The third-order valence-electron chi connectivity index (χ3n) is 4.89. The molecule has 1 unspecified atom stereocenters. The molecular formula is C22H29ClN2O2S. The maximum Gasteiger partial charge on any atom is 0.225 e. The predicted octanol–water partition coefficient (Wildman–Crippen LogP) is 5.38. The molecule has 0 radical (unpaired) electrons. The number of ether oxygens (including phenoxy) is 1. The van der Waals surface area contributed by atoms with Crippen LogP contribution in [0.3, 0.4) is 0 Å². The lowest BCUT2D eigenvalue weighted by Gasteiger charge is -2.25. The number of fused-ring (bicyclic) bond motifs is 1. The van der Waals surface area contributed by atoms with Gasteiger partial charge in [0.15, 0.2) is 0 Å². The molecule has 0 aliphatic carbocycles. The summed E-state index contributed by atoms with van der Waals surface area (Å²) in [5.41, 5.74) is 2.04. The first-order chi connectivity index (χ1) is 13.2. The van der Waals surface area contributed by atoms with Crippen molar-refractivity contribution in [3.63, 3.8) is 0 Å². The van der Waals surface area contributed by atoms with Crippen molar-refractivity contribution >= 4 is 35.8 Å². The van der Waals surface area contributed by atoms with E-state index >= 15 is 0 Å². The summed E-state index contributed by atoms with van der Waals surface area (Å²) in [6, 6.07) is 16.2. The Morgan fingerprint density at radius 3 is 2.50 bits per heavy atom. The van der Waals surface area contributed by atoms with Crippen molar-refractivity contribution in [3.8, 4) is 5.75 Å². The number of carbonyl (C=O) groups excluding carboxylic acids is 1. The first-order valence-corrected chi connectivity index (χ1v) is 10.5.